The fraction of sp³-hybridized carbons (Fsp3) is 0.467. The molecule has 0 aromatic carbocycles. The van der Waals surface area contributed by atoms with Crippen LogP contribution in [0.25, 0.3) is 11.4 Å². The van der Waals surface area contributed by atoms with Gasteiger partial charge < -0.3 is 14.8 Å². The number of halogens is 3. The Labute approximate surface area is 157 Å². The maximum absolute atomic E-state index is 12.0. The molecule has 0 saturated heterocycles. The maximum atomic E-state index is 12.0. The van der Waals surface area contributed by atoms with Gasteiger partial charge in [-0.25, -0.2) is 4.79 Å². The van der Waals surface area contributed by atoms with Crippen molar-refractivity contribution >= 4 is 17.9 Å². The van der Waals surface area contributed by atoms with Gasteiger partial charge in [0.25, 0.3) is 0 Å². The Kier molecular flexibility index (Phi) is 7.85. The zero-order valence-electron chi connectivity index (χ0n) is 14.4. The van der Waals surface area contributed by atoms with Crippen molar-refractivity contribution in [3.05, 3.63) is 24.5 Å². The first-order chi connectivity index (χ1) is 12.9. The van der Waals surface area contributed by atoms with Crippen LogP contribution in [0, 0.1) is 0 Å². The molecule has 2 rings (SSSR count). The normalized spacial score (nSPS) is 11.4. The molecule has 0 radical (unpaired) electrons. The van der Waals surface area contributed by atoms with Gasteiger partial charge in [-0.05, 0) is 12.1 Å². The number of carbonyl (C=O) groups is 1. The van der Waals surface area contributed by atoms with Gasteiger partial charge in [-0.15, -0.1) is 10.2 Å². The molecule has 1 amide bonds. The van der Waals surface area contributed by atoms with E-state index in [4.69, 9.17) is 4.74 Å². The quantitative estimate of drug-likeness (QED) is 0.506. The van der Waals surface area contributed by atoms with Crippen molar-refractivity contribution in [2.75, 3.05) is 32.6 Å². The second-order valence-corrected chi connectivity index (χ2v) is 6.22. The lowest BCUT2D eigenvalue weighted by atomic mass is 10.2. The number of hydrogen-bond acceptors (Lipinski definition) is 7. The first kappa shape index (κ1) is 21.0. The van der Waals surface area contributed by atoms with Crippen LogP contribution in [0.2, 0.25) is 0 Å². The molecule has 2 aromatic heterocycles. The zero-order chi connectivity index (χ0) is 19.7. The molecule has 0 aliphatic rings. The van der Waals surface area contributed by atoms with E-state index in [0.29, 0.717) is 29.9 Å². The van der Waals surface area contributed by atoms with Gasteiger partial charge in [0, 0.05) is 37.4 Å². The SMILES string of the molecule is COCCn1c(SCCNC(=O)OCC(F)(F)F)nnc1-c1ccncc1. The highest BCUT2D eigenvalue weighted by Crippen LogP contribution is 2.23. The molecule has 0 atom stereocenters. The number of aromatic nitrogens is 4. The van der Waals surface area contributed by atoms with Crippen molar-refractivity contribution in [3.63, 3.8) is 0 Å². The molecule has 2 aromatic rings. The molecule has 8 nitrogen and oxygen atoms in total. The minimum absolute atomic E-state index is 0.114. The highest BCUT2D eigenvalue weighted by atomic mass is 32.2. The number of alkyl halides is 3. The van der Waals surface area contributed by atoms with Crippen LogP contribution < -0.4 is 5.32 Å². The molecule has 27 heavy (non-hydrogen) atoms. The fourth-order valence-electron chi connectivity index (χ4n) is 1.99. The molecule has 148 valence electrons. The summed E-state index contributed by atoms with van der Waals surface area (Å²) in [7, 11) is 1.58. The lowest BCUT2D eigenvalue weighted by molar-refractivity contribution is -0.160. The third-order valence-electron chi connectivity index (χ3n) is 3.14. The molecule has 0 fully saturated rings. The average Bonchev–Trinajstić information content (AvgIpc) is 3.04. The first-order valence-electron chi connectivity index (χ1n) is 7.83. The number of nitrogens with zero attached hydrogens (tertiary/aromatic N) is 4. The number of methoxy groups -OCH3 is 1. The topological polar surface area (TPSA) is 91.2 Å². The lowest BCUT2D eigenvalue weighted by Crippen LogP contribution is -2.30. The molecule has 1 N–H and O–H groups in total. The minimum atomic E-state index is -4.55. The Morgan fingerprint density at radius 3 is 2.70 bits per heavy atom. The Balaban J connectivity index is 1.90. The smallest absolute Gasteiger partial charge is 0.422 e. The van der Waals surface area contributed by atoms with Gasteiger partial charge in [-0.1, -0.05) is 11.8 Å². The van der Waals surface area contributed by atoms with Gasteiger partial charge in [-0.3, -0.25) is 9.55 Å². The van der Waals surface area contributed by atoms with E-state index in [1.54, 1.807) is 31.6 Å². The van der Waals surface area contributed by atoms with E-state index < -0.39 is 18.9 Å². The Morgan fingerprint density at radius 1 is 1.30 bits per heavy atom. The number of ether oxygens (including phenoxy) is 2. The molecule has 0 bridgehead atoms. The van der Waals surface area contributed by atoms with E-state index in [-0.39, 0.29) is 6.54 Å². The van der Waals surface area contributed by atoms with E-state index in [9.17, 15) is 18.0 Å². The van der Waals surface area contributed by atoms with Crippen LogP contribution in [-0.2, 0) is 16.0 Å². The second kappa shape index (κ2) is 10.1. The zero-order valence-corrected chi connectivity index (χ0v) is 15.2. The van der Waals surface area contributed by atoms with Gasteiger partial charge in [0.15, 0.2) is 17.6 Å². The minimum Gasteiger partial charge on any atom is -0.440 e. The second-order valence-electron chi connectivity index (χ2n) is 5.15. The summed E-state index contributed by atoms with van der Waals surface area (Å²) in [6.07, 6.45) is -2.37. The van der Waals surface area contributed by atoms with Crippen LogP contribution in [0.5, 0.6) is 0 Å². The summed E-state index contributed by atoms with van der Waals surface area (Å²) in [4.78, 5) is 15.2. The fourth-order valence-corrected chi connectivity index (χ4v) is 2.81. The third kappa shape index (κ3) is 7.06. The molecule has 0 aliphatic heterocycles. The monoisotopic (exact) mass is 405 g/mol. The molecule has 0 spiro atoms. The van der Waals surface area contributed by atoms with Gasteiger partial charge in [0.05, 0.1) is 13.2 Å². The number of carbonyl (C=O) groups excluding carboxylic acids is 1. The van der Waals surface area contributed by atoms with Gasteiger partial charge >= 0.3 is 12.3 Å². The van der Waals surface area contributed by atoms with E-state index in [1.807, 2.05) is 4.57 Å². The maximum Gasteiger partial charge on any atom is 0.422 e. The number of thioether (sulfide) groups is 1. The molecule has 12 heteroatoms. The van der Waals surface area contributed by atoms with Crippen LogP contribution in [0.4, 0.5) is 18.0 Å². The van der Waals surface area contributed by atoms with Crippen molar-refractivity contribution in [2.45, 2.75) is 17.9 Å². The number of rotatable bonds is 9. The van der Waals surface area contributed by atoms with Crippen LogP contribution in [0.3, 0.4) is 0 Å². The molecular weight excluding hydrogens is 387 g/mol. The summed E-state index contributed by atoms with van der Waals surface area (Å²) < 4.78 is 47.0. The van der Waals surface area contributed by atoms with Crippen LogP contribution in [0.15, 0.2) is 29.7 Å². The van der Waals surface area contributed by atoms with Gasteiger partial charge in [0.2, 0.25) is 0 Å². The van der Waals surface area contributed by atoms with E-state index in [2.05, 4.69) is 25.2 Å². The van der Waals surface area contributed by atoms with Crippen molar-refractivity contribution < 1.29 is 27.4 Å². The Morgan fingerprint density at radius 2 is 2.04 bits per heavy atom. The number of amides is 1. The summed E-state index contributed by atoms with van der Waals surface area (Å²) in [5.74, 6) is 1.03. The standard InChI is InChI=1S/C15H18F3N5O3S/c1-25-8-7-23-12(11-2-4-19-5-3-11)21-22-13(23)27-9-6-20-14(24)26-10-15(16,17)18/h2-5H,6-10H2,1H3,(H,20,24). The predicted molar refractivity (Wildman–Crippen MR) is 91.3 cm³/mol. The lowest BCUT2D eigenvalue weighted by Gasteiger charge is -2.10. The highest BCUT2D eigenvalue weighted by Gasteiger charge is 2.29. The summed E-state index contributed by atoms with van der Waals surface area (Å²) >= 11 is 1.30. The van der Waals surface area contributed by atoms with Crippen molar-refractivity contribution in [1.82, 2.24) is 25.1 Å². The molecule has 0 saturated carbocycles. The largest absolute Gasteiger partial charge is 0.440 e. The molecule has 0 unspecified atom stereocenters. The van der Waals surface area contributed by atoms with Crippen LogP contribution in [0.1, 0.15) is 0 Å². The van der Waals surface area contributed by atoms with Gasteiger partial charge in [-0.2, -0.15) is 13.2 Å². The van der Waals surface area contributed by atoms with E-state index in [0.717, 1.165) is 5.56 Å². The predicted octanol–water partition coefficient (Wildman–Crippen LogP) is 2.37. The van der Waals surface area contributed by atoms with Gasteiger partial charge in [0.1, 0.15) is 0 Å². The Bertz CT molecular complexity index is 727. The number of pyridine rings is 1. The summed E-state index contributed by atoms with van der Waals surface area (Å²) in [6, 6.07) is 3.61. The highest BCUT2D eigenvalue weighted by molar-refractivity contribution is 7.99. The number of nitrogens with one attached hydrogen (secondary N) is 1. The van der Waals surface area contributed by atoms with Crippen molar-refractivity contribution in [2.24, 2.45) is 0 Å². The van der Waals surface area contributed by atoms with Crippen LogP contribution in [-0.4, -0.2) is 64.6 Å². The third-order valence-corrected chi connectivity index (χ3v) is 4.11. The first-order valence-corrected chi connectivity index (χ1v) is 8.82. The number of hydrogen-bond donors (Lipinski definition) is 1. The van der Waals surface area contributed by atoms with E-state index >= 15 is 0 Å². The number of alkyl carbamates (subject to hydrolysis) is 1. The van der Waals surface area contributed by atoms with Crippen molar-refractivity contribution in [3.8, 4) is 11.4 Å². The van der Waals surface area contributed by atoms with Crippen molar-refractivity contribution in [1.29, 1.82) is 0 Å². The van der Waals surface area contributed by atoms with E-state index in [1.165, 1.54) is 11.8 Å². The summed E-state index contributed by atoms with van der Waals surface area (Å²) in [6.45, 7) is -0.536. The molecule has 2 heterocycles. The summed E-state index contributed by atoms with van der Waals surface area (Å²) in [5, 5.41) is 11.2. The Hall–Kier alpha value is -2.34. The molecular formula is C15H18F3N5O3S. The summed E-state index contributed by atoms with van der Waals surface area (Å²) in [5.41, 5.74) is 0.842. The average molecular weight is 405 g/mol. The molecule has 0 aliphatic carbocycles. The van der Waals surface area contributed by atoms with Crippen LogP contribution >= 0.6 is 11.8 Å².